The SMILES string of the molecule is C#Cc1cc(COCCOCCOCCOC)c(O)c(COCCC(/C=C\C)=C/C)c1.CC.CC. The Bertz CT molecular complexity index is 719. The van der Waals surface area contributed by atoms with E-state index in [1.54, 1.807) is 19.2 Å². The van der Waals surface area contributed by atoms with E-state index in [1.165, 1.54) is 5.57 Å². The molecule has 0 aliphatic carbocycles. The van der Waals surface area contributed by atoms with Gasteiger partial charge in [0.1, 0.15) is 5.75 Å². The fourth-order valence-corrected chi connectivity index (χ4v) is 2.74. The molecule has 0 bridgehead atoms. The molecule has 0 heterocycles. The van der Waals surface area contributed by atoms with Crippen molar-refractivity contribution in [3.05, 3.63) is 52.6 Å². The quantitative estimate of drug-likeness (QED) is 0.162. The van der Waals surface area contributed by atoms with Crippen molar-refractivity contribution in [2.24, 2.45) is 0 Å². The Morgan fingerprint density at radius 3 is 1.77 bits per heavy atom. The molecule has 200 valence electrons. The molecule has 0 amide bonds. The zero-order valence-corrected chi connectivity index (χ0v) is 23.0. The van der Waals surface area contributed by atoms with Crippen LogP contribution in [0, 0.1) is 12.3 Å². The summed E-state index contributed by atoms with van der Waals surface area (Å²) < 4.78 is 27.0. The molecule has 0 unspecified atom stereocenters. The number of hydrogen-bond acceptors (Lipinski definition) is 6. The van der Waals surface area contributed by atoms with Crippen LogP contribution in [-0.4, -0.2) is 58.5 Å². The highest BCUT2D eigenvalue weighted by molar-refractivity contribution is 5.48. The first-order chi connectivity index (χ1) is 17.2. The Morgan fingerprint density at radius 2 is 1.31 bits per heavy atom. The van der Waals surface area contributed by atoms with Gasteiger partial charge in [-0.05, 0) is 32.4 Å². The van der Waals surface area contributed by atoms with Gasteiger partial charge in [0.15, 0.2) is 0 Å². The number of phenolic OH excluding ortho intramolecular Hbond substituents is 1. The number of benzene rings is 1. The van der Waals surface area contributed by atoms with E-state index in [4.69, 9.17) is 30.1 Å². The maximum atomic E-state index is 10.6. The van der Waals surface area contributed by atoms with Crippen LogP contribution < -0.4 is 0 Å². The second-order valence-corrected chi connectivity index (χ2v) is 6.72. The smallest absolute Gasteiger partial charge is 0.126 e. The number of rotatable bonds is 17. The number of terminal acetylenes is 1. The summed E-state index contributed by atoms with van der Waals surface area (Å²) in [6.07, 6.45) is 12.5. The van der Waals surface area contributed by atoms with Crippen molar-refractivity contribution >= 4 is 0 Å². The van der Waals surface area contributed by atoms with Gasteiger partial charge < -0.3 is 28.8 Å². The van der Waals surface area contributed by atoms with Gasteiger partial charge in [-0.3, -0.25) is 0 Å². The van der Waals surface area contributed by atoms with Crippen molar-refractivity contribution < 1.29 is 28.8 Å². The molecule has 0 radical (unpaired) electrons. The highest BCUT2D eigenvalue weighted by Gasteiger charge is 2.10. The minimum Gasteiger partial charge on any atom is -0.507 e. The van der Waals surface area contributed by atoms with Gasteiger partial charge in [-0.15, -0.1) is 6.42 Å². The molecule has 1 N–H and O–H groups in total. The van der Waals surface area contributed by atoms with Crippen LogP contribution in [0.1, 0.15) is 64.7 Å². The van der Waals surface area contributed by atoms with Crippen molar-refractivity contribution in [1.29, 1.82) is 0 Å². The van der Waals surface area contributed by atoms with Gasteiger partial charge in [-0.1, -0.05) is 57.4 Å². The van der Waals surface area contributed by atoms with Crippen LogP contribution in [0.4, 0.5) is 0 Å². The lowest BCUT2D eigenvalue weighted by molar-refractivity contribution is 0.000635. The van der Waals surface area contributed by atoms with Crippen LogP contribution in [0.2, 0.25) is 0 Å². The maximum absolute atomic E-state index is 10.6. The van der Waals surface area contributed by atoms with E-state index in [0.29, 0.717) is 62.9 Å². The summed E-state index contributed by atoms with van der Waals surface area (Å²) in [6.45, 7) is 16.1. The first kappa shape index (κ1) is 35.0. The van der Waals surface area contributed by atoms with Crippen LogP contribution in [0.15, 0.2) is 35.9 Å². The minimum absolute atomic E-state index is 0.158. The third kappa shape index (κ3) is 17.9. The molecule has 0 atom stereocenters. The van der Waals surface area contributed by atoms with Gasteiger partial charge in [0.05, 0.1) is 59.5 Å². The molecule has 0 saturated carbocycles. The minimum atomic E-state index is 0.158. The van der Waals surface area contributed by atoms with E-state index in [-0.39, 0.29) is 19.0 Å². The molecule has 6 heteroatoms. The molecule has 0 spiro atoms. The maximum Gasteiger partial charge on any atom is 0.126 e. The molecule has 35 heavy (non-hydrogen) atoms. The number of methoxy groups -OCH3 is 1. The Balaban J connectivity index is 0. The van der Waals surface area contributed by atoms with Crippen molar-refractivity contribution in [1.82, 2.24) is 0 Å². The largest absolute Gasteiger partial charge is 0.507 e. The van der Waals surface area contributed by atoms with Crippen LogP contribution in [0.5, 0.6) is 5.75 Å². The molecule has 0 saturated heterocycles. The van der Waals surface area contributed by atoms with Crippen molar-refractivity contribution in [2.45, 2.75) is 61.2 Å². The molecule has 0 fully saturated rings. The first-order valence-corrected chi connectivity index (χ1v) is 12.5. The number of aromatic hydroxyl groups is 1. The highest BCUT2D eigenvalue weighted by Crippen LogP contribution is 2.26. The predicted molar refractivity (Wildman–Crippen MR) is 145 cm³/mol. The van der Waals surface area contributed by atoms with Crippen LogP contribution in [0.25, 0.3) is 0 Å². The van der Waals surface area contributed by atoms with Crippen LogP contribution in [-0.2, 0) is 36.9 Å². The molecule has 0 aliphatic rings. The Morgan fingerprint density at radius 1 is 0.829 bits per heavy atom. The third-order valence-corrected chi connectivity index (χ3v) is 4.41. The molecule has 1 aromatic rings. The van der Waals surface area contributed by atoms with E-state index < -0.39 is 0 Å². The zero-order valence-electron chi connectivity index (χ0n) is 23.0. The molecule has 0 aromatic heterocycles. The average molecular weight is 493 g/mol. The third-order valence-electron chi connectivity index (χ3n) is 4.41. The molecule has 6 nitrogen and oxygen atoms in total. The van der Waals surface area contributed by atoms with E-state index >= 15 is 0 Å². The monoisotopic (exact) mass is 492 g/mol. The summed E-state index contributed by atoms with van der Waals surface area (Å²) >= 11 is 0. The standard InChI is InChI=1S/C25H36O6.2C2H6/c1-5-8-21(6-2)9-10-30-19-23-17-22(7-3)18-24(25(23)26)20-31-16-15-29-14-13-28-12-11-27-4;2*1-2/h3,5-6,8,17-18,26H,9-16,19-20H2,1-2,4H3;2*1-2H3/b8-5-,21-6+;;. The van der Waals surface area contributed by atoms with E-state index in [1.807, 2.05) is 47.6 Å². The summed E-state index contributed by atoms with van der Waals surface area (Å²) in [5.74, 6) is 2.78. The molecular weight excluding hydrogens is 444 g/mol. The van der Waals surface area contributed by atoms with Crippen molar-refractivity contribution in [2.75, 3.05) is 53.4 Å². The van der Waals surface area contributed by atoms with Gasteiger partial charge in [0, 0.05) is 23.8 Å². The summed E-state index contributed by atoms with van der Waals surface area (Å²) in [5.41, 5.74) is 3.19. The van der Waals surface area contributed by atoms with Crippen LogP contribution >= 0.6 is 0 Å². The van der Waals surface area contributed by atoms with Crippen molar-refractivity contribution in [3.63, 3.8) is 0 Å². The fraction of sp³-hybridized carbons (Fsp3) is 0.586. The summed E-state index contributed by atoms with van der Waals surface area (Å²) in [7, 11) is 1.64. The summed E-state index contributed by atoms with van der Waals surface area (Å²) in [6, 6.07) is 3.53. The van der Waals surface area contributed by atoms with Crippen molar-refractivity contribution in [3.8, 4) is 18.1 Å². The van der Waals surface area contributed by atoms with Gasteiger partial charge in [-0.25, -0.2) is 0 Å². The topological polar surface area (TPSA) is 66.4 Å². The number of ether oxygens (including phenoxy) is 5. The lowest BCUT2D eigenvalue weighted by Gasteiger charge is -2.13. The number of phenols is 1. The first-order valence-electron chi connectivity index (χ1n) is 12.5. The van der Waals surface area contributed by atoms with Crippen LogP contribution in [0.3, 0.4) is 0 Å². The lowest BCUT2D eigenvalue weighted by atomic mass is 10.0. The van der Waals surface area contributed by atoms with E-state index in [2.05, 4.69) is 18.1 Å². The highest BCUT2D eigenvalue weighted by atomic mass is 16.6. The van der Waals surface area contributed by atoms with Gasteiger partial charge >= 0.3 is 0 Å². The fourth-order valence-electron chi connectivity index (χ4n) is 2.74. The average Bonchev–Trinajstić information content (AvgIpc) is 2.90. The van der Waals surface area contributed by atoms with Gasteiger partial charge in [0.25, 0.3) is 0 Å². The summed E-state index contributed by atoms with van der Waals surface area (Å²) in [5, 5.41) is 10.6. The predicted octanol–water partition coefficient (Wildman–Crippen LogP) is 6.05. The Kier molecular flexibility index (Phi) is 26.5. The molecular formula is C29H48O6. The van der Waals surface area contributed by atoms with E-state index in [9.17, 15) is 5.11 Å². The zero-order chi connectivity index (χ0) is 26.7. The molecule has 0 aliphatic heterocycles. The number of allylic oxidation sites excluding steroid dienone is 3. The lowest BCUT2D eigenvalue weighted by Crippen LogP contribution is -2.11. The second-order valence-electron chi connectivity index (χ2n) is 6.72. The van der Waals surface area contributed by atoms with Gasteiger partial charge in [-0.2, -0.15) is 0 Å². The number of hydrogen-bond donors (Lipinski definition) is 1. The molecule has 1 rings (SSSR count). The van der Waals surface area contributed by atoms with E-state index in [0.717, 1.165) is 6.42 Å². The van der Waals surface area contributed by atoms with Gasteiger partial charge in [0.2, 0.25) is 0 Å². The molecule has 1 aromatic carbocycles. The summed E-state index contributed by atoms with van der Waals surface area (Å²) in [4.78, 5) is 0. The second kappa shape index (κ2) is 26.5. The normalized spacial score (nSPS) is 10.9. The Hall–Kier alpha value is -2.14. The Labute approximate surface area is 214 Å².